The van der Waals surface area contributed by atoms with Crippen molar-refractivity contribution < 1.29 is 14.3 Å². The number of aromatic amines is 1. The predicted octanol–water partition coefficient (Wildman–Crippen LogP) is 4.17. The monoisotopic (exact) mass is 351 g/mol. The van der Waals surface area contributed by atoms with E-state index in [1.165, 1.54) is 5.57 Å². The zero-order chi connectivity index (χ0) is 18.5. The van der Waals surface area contributed by atoms with Crippen LogP contribution in [0.1, 0.15) is 24.2 Å². The Bertz CT molecular complexity index is 956. The average Bonchev–Trinajstić information content (AvgIpc) is 3.03. The molecule has 3 rings (SSSR count). The van der Waals surface area contributed by atoms with Gasteiger partial charge in [0.15, 0.2) is 5.82 Å². The number of nitrogens with zero attached hydrogens (tertiary/aromatic N) is 1. The van der Waals surface area contributed by atoms with Crippen molar-refractivity contribution in [3.63, 3.8) is 0 Å². The first-order chi connectivity index (χ1) is 12.6. The second-order valence-corrected chi connectivity index (χ2v) is 6.06. The molecule has 1 aromatic heterocycles. The van der Waals surface area contributed by atoms with Gasteiger partial charge in [-0.3, -0.25) is 9.89 Å². The lowest BCUT2D eigenvalue weighted by molar-refractivity contribution is 0.102. The van der Waals surface area contributed by atoms with Crippen LogP contribution >= 0.6 is 0 Å². The minimum Gasteiger partial charge on any atom is -0.497 e. The molecule has 2 N–H and O–H groups in total. The molecule has 2 aromatic carbocycles. The molecule has 26 heavy (non-hydrogen) atoms. The Morgan fingerprint density at radius 1 is 1.19 bits per heavy atom. The minimum atomic E-state index is -0.249. The summed E-state index contributed by atoms with van der Waals surface area (Å²) < 4.78 is 10.8. The molecule has 1 heterocycles. The molecule has 0 fully saturated rings. The summed E-state index contributed by atoms with van der Waals surface area (Å²) in [6.45, 7) is 4.57. The van der Waals surface area contributed by atoms with E-state index in [0.29, 0.717) is 23.7 Å². The number of carbonyl (C=O) groups excluding carboxylic acids is 1. The number of methoxy groups -OCH3 is 1. The molecule has 0 radical (unpaired) electrons. The van der Waals surface area contributed by atoms with Gasteiger partial charge in [0.1, 0.15) is 18.1 Å². The molecule has 6 nitrogen and oxygen atoms in total. The fourth-order valence-electron chi connectivity index (χ4n) is 2.43. The van der Waals surface area contributed by atoms with Crippen LogP contribution in [0.5, 0.6) is 11.5 Å². The lowest BCUT2D eigenvalue weighted by Gasteiger charge is -2.06. The first-order valence-corrected chi connectivity index (χ1v) is 8.26. The molecule has 6 heteroatoms. The highest BCUT2D eigenvalue weighted by Gasteiger charge is 2.12. The summed E-state index contributed by atoms with van der Waals surface area (Å²) in [5.41, 5.74) is 2.50. The second-order valence-electron chi connectivity index (χ2n) is 6.06. The van der Waals surface area contributed by atoms with E-state index >= 15 is 0 Å². The number of H-pyrrole nitrogens is 1. The normalized spacial score (nSPS) is 10.4. The third kappa shape index (κ3) is 4.03. The molecule has 0 spiro atoms. The van der Waals surface area contributed by atoms with Gasteiger partial charge in [0.25, 0.3) is 5.91 Å². The van der Waals surface area contributed by atoms with E-state index in [4.69, 9.17) is 9.47 Å². The molecule has 0 saturated heterocycles. The lowest BCUT2D eigenvalue weighted by atomic mass is 10.2. The number of hydrogen-bond acceptors (Lipinski definition) is 4. The molecular weight excluding hydrogens is 330 g/mol. The zero-order valence-corrected chi connectivity index (χ0v) is 15.0. The molecule has 0 bridgehead atoms. The summed E-state index contributed by atoms with van der Waals surface area (Å²) in [7, 11) is 1.56. The van der Waals surface area contributed by atoms with E-state index in [1.807, 2.05) is 38.1 Å². The van der Waals surface area contributed by atoms with Crippen molar-refractivity contribution in [2.75, 3.05) is 19.0 Å². The van der Waals surface area contributed by atoms with Crippen molar-refractivity contribution in [2.45, 2.75) is 13.8 Å². The van der Waals surface area contributed by atoms with Crippen LogP contribution in [-0.2, 0) is 0 Å². The van der Waals surface area contributed by atoms with Gasteiger partial charge >= 0.3 is 0 Å². The van der Waals surface area contributed by atoms with Crippen molar-refractivity contribution in [3.8, 4) is 11.5 Å². The first kappa shape index (κ1) is 17.5. The Balaban J connectivity index is 1.76. The van der Waals surface area contributed by atoms with Crippen molar-refractivity contribution in [2.24, 2.45) is 0 Å². The number of rotatable bonds is 6. The van der Waals surface area contributed by atoms with Crippen LogP contribution in [0.3, 0.4) is 0 Å². The van der Waals surface area contributed by atoms with E-state index in [9.17, 15) is 4.79 Å². The van der Waals surface area contributed by atoms with E-state index in [1.54, 1.807) is 31.4 Å². The number of fused-ring (bicyclic) bond motifs is 1. The van der Waals surface area contributed by atoms with Crippen LogP contribution in [0.4, 0.5) is 5.82 Å². The number of benzene rings is 2. The van der Waals surface area contributed by atoms with Crippen molar-refractivity contribution in [3.05, 3.63) is 59.7 Å². The zero-order valence-electron chi connectivity index (χ0n) is 15.0. The van der Waals surface area contributed by atoms with Gasteiger partial charge in [-0.1, -0.05) is 11.6 Å². The maximum Gasteiger partial charge on any atom is 0.257 e. The molecule has 0 aliphatic heterocycles. The Hall–Kier alpha value is -3.28. The molecule has 0 atom stereocenters. The van der Waals surface area contributed by atoms with Crippen molar-refractivity contribution in [1.29, 1.82) is 0 Å². The summed E-state index contributed by atoms with van der Waals surface area (Å²) in [6.07, 6.45) is 2.01. The highest BCUT2D eigenvalue weighted by Crippen LogP contribution is 2.25. The van der Waals surface area contributed by atoms with Crippen molar-refractivity contribution in [1.82, 2.24) is 10.2 Å². The Morgan fingerprint density at radius 3 is 2.81 bits per heavy atom. The molecule has 134 valence electrons. The lowest BCUT2D eigenvalue weighted by Crippen LogP contribution is -2.12. The highest BCUT2D eigenvalue weighted by atomic mass is 16.5. The van der Waals surface area contributed by atoms with Gasteiger partial charge in [-0.05, 0) is 50.3 Å². The van der Waals surface area contributed by atoms with Gasteiger partial charge in [0.2, 0.25) is 0 Å². The Labute approximate surface area is 151 Å². The van der Waals surface area contributed by atoms with Crippen LogP contribution in [-0.4, -0.2) is 29.8 Å². The van der Waals surface area contributed by atoms with Gasteiger partial charge in [0, 0.05) is 17.0 Å². The number of nitrogens with one attached hydrogen (secondary N) is 2. The topological polar surface area (TPSA) is 76.2 Å². The number of anilines is 1. The number of ether oxygens (including phenoxy) is 2. The standard InChI is InChI=1S/C20H21N3O3/c1-13(2)9-10-26-16-7-8-17-18(12-16)22-23-19(17)21-20(24)14-5-4-6-15(11-14)25-3/h4-9,11-12H,10H2,1-3H3,(H2,21,22,23,24). The second kappa shape index (κ2) is 7.74. The van der Waals surface area contributed by atoms with Gasteiger partial charge in [-0.15, -0.1) is 0 Å². The largest absolute Gasteiger partial charge is 0.497 e. The minimum absolute atomic E-state index is 0.249. The van der Waals surface area contributed by atoms with Gasteiger partial charge in [-0.25, -0.2) is 0 Å². The third-order valence-corrected chi connectivity index (χ3v) is 3.84. The van der Waals surface area contributed by atoms with Crippen LogP contribution in [0, 0.1) is 0 Å². The Kier molecular flexibility index (Phi) is 5.22. The number of hydrogen-bond donors (Lipinski definition) is 2. The van der Waals surface area contributed by atoms with Crippen LogP contribution in [0.15, 0.2) is 54.1 Å². The van der Waals surface area contributed by atoms with Crippen LogP contribution < -0.4 is 14.8 Å². The average molecular weight is 351 g/mol. The highest BCUT2D eigenvalue weighted by molar-refractivity contribution is 6.08. The molecule has 0 unspecified atom stereocenters. The Morgan fingerprint density at radius 2 is 2.04 bits per heavy atom. The fourth-order valence-corrected chi connectivity index (χ4v) is 2.43. The fraction of sp³-hybridized carbons (Fsp3) is 0.200. The summed E-state index contributed by atoms with van der Waals surface area (Å²) in [6, 6.07) is 12.6. The van der Waals surface area contributed by atoms with Gasteiger partial charge in [0.05, 0.1) is 12.6 Å². The van der Waals surface area contributed by atoms with Crippen LogP contribution in [0.2, 0.25) is 0 Å². The third-order valence-electron chi connectivity index (χ3n) is 3.84. The molecule has 0 saturated carbocycles. The maximum absolute atomic E-state index is 12.4. The van der Waals surface area contributed by atoms with Gasteiger partial charge in [-0.2, -0.15) is 5.10 Å². The smallest absolute Gasteiger partial charge is 0.257 e. The first-order valence-electron chi connectivity index (χ1n) is 8.26. The molecule has 3 aromatic rings. The number of aromatic nitrogens is 2. The molecular formula is C20H21N3O3. The number of allylic oxidation sites excluding steroid dienone is 1. The summed E-state index contributed by atoms with van der Waals surface area (Å²) >= 11 is 0. The van der Waals surface area contributed by atoms with Gasteiger partial charge < -0.3 is 14.8 Å². The van der Waals surface area contributed by atoms with E-state index < -0.39 is 0 Å². The van der Waals surface area contributed by atoms with E-state index in [-0.39, 0.29) is 5.91 Å². The predicted molar refractivity (Wildman–Crippen MR) is 102 cm³/mol. The quantitative estimate of drug-likeness (QED) is 0.654. The number of carbonyl (C=O) groups is 1. The summed E-state index contributed by atoms with van der Waals surface area (Å²) in [4.78, 5) is 12.4. The molecule has 1 amide bonds. The number of amides is 1. The van der Waals surface area contributed by atoms with Crippen LogP contribution in [0.25, 0.3) is 10.9 Å². The van der Waals surface area contributed by atoms with Crippen molar-refractivity contribution >= 4 is 22.6 Å². The summed E-state index contributed by atoms with van der Waals surface area (Å²) in [5.74, 6) is 1.59. The van der Waals surface area contributed by atoms with E-state index in [0.717, 1.165) is 16.7 Å². The van der Waals surface area contributed by atoms with E-state index in [2.05, 4.69) is 15.5 Å². The SMILES string of the molecule is COc1cccc(C(=O)Nc2n[nH]c3cc(OCC=C(C)C)ccc23)c1. The maximum atomic E-state index is 12.4. The molecule has 0 aliphatic rings. The molecule has 0 aliphatic carbocycles. The summed E-state index contributed by atoms with van der Waals surface area (Å²) in [5, 5.41) is 10.8.